The van der Waals surface area contributed by atoms with Crippen molar-refractivity contribution in [3.63, 3.8) is 0 Å². The number of anilines is 3. The summed E-state index contributed by atoms with van der Waals surface area (Å²) in [4.78, 5) is 28.9. The van der Waals surface area contributed by atoms with Crippen molar-refractivity contribution in [3.05, 3.63) is 89.5 Å². The summed E-state index contributed by atoms with van der Waals surface area (Å²) in [7, 11) is 0. The quantitative estimate of drug-likeness (QED) is 0.651. The number of aryl methyl sites for hydroxylation is 1. The molecule has 0 spiro atoms. The molecule has 0 aromatic heterocycles. The molecule has 6 nitrogen and oxygen atoms in total. The molecule has 1 aliphatic heterocycles. The lowest BCUT2D eigenvalue weighted by Crippen LogP contribution is -2.47. The van der Waals surface area contributed by atoms with Crippen LogP contribution in [0.4, 0.5) is 17.1 Å². The van der Waals surface area contributed by atoms with Gasteiger partial charge in [-0.1, -0.05) is 35.9 Å². The minimum atomic E-state index is -1.01. The van der Waals surface area contributed by atoms with E-state index in [2.05, 4.69) is 27.2 Å². The van der Waals surface area contributed by atoms with E-state index >= 15 is 0 Å². The highest BCUT2D eigenvalue weighted by atomic mass is 16.4. The van der Waals surface area contributed by atoms with Crippen LogP contribution in [0.2, 0.25) is 0 Å². The SMILES string of the molecule is Cc1cccc(C(=O)Nc2ccc(N3CCN(c4ccccc4)CC3)c(C(=O)O)c2)c1. The first-order valence-electron chi connectivity index (χ1n) is 10.3. The summed E-state index contributed by atoms with van der Waals surface area (Å²) < 4.78 is 0. The maximum atomic E-state index is 12.5. The molecule has 1 aliphatic rings. The molecule has 6 heteroatoms. The summed E-state index contributed by atoms with van der Waals surface area (Å²) in [6.07, 6.45) is 0. The van der Waals surface area contributed by atoms with E-state index in [-0.39, 0.29) is 11.5 Å². The van der Waals surface area contributed by atoms with Crippen LogP contribution in [0, 0.1) is 6.92 Å². The summed E-state index contributed by atoms with van der Waals surface area (Å²) in [5.74, 6) is -1.27. The van der Waals surface area contributed by atoms with Crippen molar-refractivity contribution in [1.82, 2.24) is 0 Å². The molecular formula is C25H25N3O3. The number of nitrogens with one attached hydrogen (secondary N) is 1. The molecule has 158 valence electrons. The zero-order valence-corrected chi connectivity index (χ0v) is 17.4. The summed E-state index contributed by atoms with van der Waals surface area (Å²) in [6, 6.07) is 22.6. The maximum absolute atomic E-state index is 12.5. The molecule has 0 bridgehead atoms. The number of amides is 1. The van der Waals surface area contributed by atoms with Gasteiger partial charge >= 0.3 is 5.97 Å². The van der Waals surface area contributed by atoms with E-state index in [0.717, 1.165) is 31.7 Å². The number of carboxylic acid groups (broad SMARTS) is 1. The summed E-state index contributed by atoms with van der Waals surface area (Å²) in [5, 5.41) is 12.6. The molecule has 3 aromatic rings. The van der Waals surface area contributed by atoms with Gasteiger partial charge in [0.05, 0.1) is 11.3 Å². The van der Waals surface area contributed by atoms with Crippen molar-refractivity contribution in [2.45, 2.75) is 6.92 Å². The number of carboxylic acids is 1. The Hall–Kier alpha value is -3.80. The maximum Gasteiger partial charge on any atom is 0.337 e. The average Bonchev–Trinajstić information content (AvgIpc) is 2.80. The van der Waals surface area contributed by atoms with Crippen molar-refractivity contribution in [3.8, 4) is 0 Å². The van der Waals surface area contributed by atoms with Gasteiger partial charge in [0.1, 0.15) is 0 Å². The van der Waals surface area contributed by atoms with E-state index in [1.807, 2.05) is 37.3 Å². The van der Waals surface area contributed by atoms with Gasteiger partial charge in [-0.2, -0.15) is 0 Å². The molecule has 4 rings (SSSR count). The highest BCUT2D eigenvalue weighted by molar-refractivity contribution is 6.05. The van der Waals surface area contributed by atoms with Crippen LogP contribution in [0.15, 0.2) is 72.8 Å². The van der Waals surface area contributed by atoms with Crippen molar-refractivity contribution < 1.29 is 14.7 Å². The number of carbonyl (C=O) groups excluding carboxylic acids is 1. The van der Waals surface area contributed by atoms with Crippen LogP contribution in [0.25, 0.3) is 0 Å². The van der Waals surface area contributed by atoms with E-state index in [1.165, 1.54) is 11.8 Å². The Bertz CT molecular complexity index is 1090. The molecule has 0 aliphatic carbocycles. The van der Waals surface area contributed by atoms with Gasteiger partial charge in [0.25, 0.3) is 5.91 Å². The number of benzene rings is 3. The molecule has 0 atom stereocenters. The van der Waals surface area contributed by atoms with Gasteiger partial charge in [-0.25, -0.2) is 4.79 Å². The zero-order valence-electron chi connectivity index (χ0n) is 17.4. The molecule has 3 aromatic carbocycles. The lowest BCUT2D eigenvalue weighted by Gasteiger charge is -2.38. The van der Waals surface area contributed by atoms with Gasteiger partial charge in [-0.3, -0.25) is 4.79 Å². The molecule has 1 amide bonds. The number of aromatic carboxylic acids is 1. The number of carbonyl (C=O) groups is 2. The summed E-state index contributed by atoms with van der Waals surface area (Å²) >= 11 is 0. The third-order valence-electron chi connectivity index (χ3n) is 5.51. The van der Waals surface area contributed by atoms with Crippen molar-refractivity contribution >= 4 is 28.9 Å². The fourth-order valence-electron chi connectivity index (χ4n) is 3.89. The smallest absolute Gasteiger partial charge is 0.337 e. The van der Waals surface area contributed by atoms with Crippen LogP contribution in [0.3, 0.4) is 0 Å². The molecule has 1 heterocycles. The molecule has 0 radical (unpaired) electrons. The fourth-order valence-corrected chi connectivity index (χ4v) is 3.89. The van der Waals surface area contributed by atoms with Crippen LogP contribution in [-0.4, -0.2) is 43.2 Å². The third-order valence-corrected chi connectivity index (χ3v) is 5.51. The van der Waals surface area contributed by atoms with E-state index in [1.54, 1.807) is 24.3 Å². The minimum absolute atomic E-state index is 0.190. The molecular weight excluding hydrogens is 390 g/mol. The van der Waals surface area contributed by atoms with Crippen LogP contribution in [0.1, 0.15) is 26.3 Å². The van der Waals surface area contributed by atoms with Crippen molar-refractivity contribution in [2.75, 3.05) is 41.3 Å². The summed E-state index contributed by atoms with van der Waals surface area (Å²) in [6.45, 7) is 5.00. The van der Waals surface area contributed by atoms with Crippen LogP contribution in [-0.2, 0) is 0 Å². The predicted molar refractivity (Wildman–Crippen MR) is 123 cm³/mol. The molecule has 2 N–H and O–H groups in total. The molecule has 1 saturated heterocycles. The first-order valence-corrected chi connectivity index (χ1v) is 10.3. The monoisotopic (exact) mass is 415 g/mol. The number of rotatable bonds is 5. The van der Waals surface area contributed by atoms with Crippen LogP contribution >= 0.6 is 0 Å². The highest BCUT2D eigenvalue weighted by Crippen LogP contribution is 2.27. The molecule has 0 unspecified atom stereocenters. The van der Waals surface area contributed by atoms with E-state index < -0.39 is 5.97 Å². The number of piperazine rings is 1. The minimum Gasteiger partial charge on any atom is -0.478 e. The predicted octanol–water partition coefficient (Wildman–Crippen LogP) is 4.27. The topological polar surface area (TPSA) is 72.9 Å². The fraction of sp³-hybridized carbons (Fsp3) is 0.200. The van der Waals surface area contributed by atoms with E-state index in [9.17, 15) is 14.7 Å². The largest absolute Gasteiger partial charge is 0.478 e. The number of para-hydroxylation sites is 1. The lowest BCUT2D eigenvalue weighted by atomic mass is 10.1. The summed E-state index contributed by atoms with van der Waals surface area (Å²) in [5.41, 5.74) is 4.04. The number of nitrogens with zero attached hydrogens (tertiary/aromatic N) is 2. The normalized spacial score (nSPS) is 13.7. The van der Waals surface area contributed by atoms with Gasteiger partial charge in [0, 0.05) is 43.1 Å². The Morgan fingerprint density at radius 2 is 1.55 bits per heavy atom. The van der Waals surface area contributed by atoms with Gasteiger partial charge in [-0.05, 0) is 49.4 Å². The molecule has 1 fully saturated rings. The van der Waals surface area contributed by atoms with Crippen molar-refractivity contribution in [2.24, 2.45) is 0 Å². The standard InChI is InChI=1S/C25H25N3O3/c1-18-6-5-7-19(16-18)24(29)26-20-10-11-23(22(17-20)25(30)31)28-14-12-27(13-15-28)21-8-3-2-4-9-21/h2-11,16-17H,12-15H2,1H3,(H,26,29)(H,30,31). The molecule has 31 heavy (non-hydrogen) atoms. The second kappa shape index (κ2) is 8.92. The van der Waals surface area contributed by atoms with Gasteiger partial charge in [0.15, 0.2) is 0 Å². The third kappa shape index (κ3) is 4.69. The van der Waals surface area contributed by atoms with Gasteiger partial charge in [-0.15, -0.1) is 0 Å². The Labute approximate surface area is 181 Å². The zero-order chi connectivity index (χ0) is 21.8. The van der Waals surface area contributed by atoms with Crippen LogP contribution in [0.5, 0.6) is 0 Å². The number of hydrogen-bond donors (Lipinski definition) is 2. The Balaban J connectivity index is 1.49. The Kier molecular flexibility index (Phi) is 5.89. The second-order valence-corrected chi connectivity index (χ2v) is 7.67. The van der Waals surface area contributed by atoms with E-state index in [4.69, 9.17) is 0 Å². The van der Waals surface area contributed by atoms with Crippen molar-refractivity contribution in [1.29, 1.82) is 0 Å². The van der Waals surface area contributed by atoms with Gasteiger partial charge < -0.3 is 20.2 Å². The van der Waals surface area contributed by atoms with Crippen LogP contribution < -0.4 is 15.1 Å². The van der Waals surface area contributed by atoms with Gasteiger partial charge in [0.2, 0.25) is 0 Å². The Morgan fingerprint density at radius 1 is 0.839 bits per heavy atom. The highest BCUT2D eigenvalue weighted by Gasteiger charge is 2.22. The lowest BCUT2D eigenvalue weighted by molar-refractivity contribution is 0.0697. The molecule has 0 saturated carbocycles. The number of hydrogen-bond acceptors (Lipinski definition) is 4. The Morgan fingerprint density at radius 3 is 2.23 bits per heavy atom. The average molecular weight is 415 g/mol. The first kappa shape index (κ1) is 20.5. The van der Waals surface area contributed by atoms with E-state index in [0.29, 0.717) is 16.9 Å². The second-order valence-electron chi connectivity index (χ2n) is 7.67. The first-order chi connectivity index (χ1) is 15.0.